The van der Waals surface area contributed by atoms with Gasteiger partial charge in [-0.25, -0.2) is 9.97 Å². The number of rotatable bonds is 4. The minimum atomic E-state index is -1.28. The van der Waals surface area contributed by atoms with Crippen molar-refractivity contribution in [1.82, 2.24) is 19.3 Å². The monoisotopic (exact) mass is 396 g/mol. The number of hydrogen-bond donors (Lipinski definition) is 1. The van der Waals surface area contributed by atoms with E-state index < -0.39 is 16.1 Å². The predicted molar refractivity (Wildman–Crippen MR) is 106 cm³/mol. The van der Waals surface area contributed by atoms with Crippen LogP contribution in [0.3, 0.4) is 0 Å². The molecule has 6 nitrogen and oxygen atoms in total. The molecule has 0 spiro atoms. The molecule has 2 aromatic rings. The van der Waals surface area contributed by atoms with Gasteiger partial charge in [0.25, 0.3) is 5.56 Å². The average molecular weight is 397 g/mol. The number of nitrogens with zero attached hydrogens (tertiary/aromatic N) is 3. The van der Waals surface area contributed by atoms with Crippen molar-refractivity contribution in [2.24, 2.45) is 7.05 Å². The third-order valence-corrected chi connectivity index (χ3v) is 6.72. The second-order valence-electron chi connectivity index (χ2n) is 8.31. The van der Waals surface area contributed by atoms with Gasteiger partial charge < -0.3 is 4.55 Å². The van der Waals surface area contributed by atoms with Gasteiger partial charge in [-0.15, -0.1) is 4.72 Å². The van der Waals surface area contributed by atoms with Crippen LogP contribution in [-0.2, 0) is 23.8 Å². The summed E-state index contributed by atoms with van der Waals surface area (Å²) in [6.45, 7) is 9.66. The summed E-state index contributed by atoms with van der Waals surface area (Å²) in [7, 11) is 1.75. The van der Waals surface area contributed by atoms with Crippen molar-refractivity contribution in [3.63, 3.8) is 0 Å². The van der Waals surface area contributed by atoms with Gasteiger partial charge in [0.15, 0.2) is 0 Å². The maximum Gasteiger partial charge on any atom is 0.261 e. The molecule has 0 amide bonds. The highest BCUT2D eigenvalue weighted by molar-refractivity contribution is 7.90. The maximum absolute atomic E-state index is 12.9. The number of nitrogens with one attached hydrogen (secondary N) is 1. The quantitative estimate of drug-likeness (QED) is 0.634. The summed E-state index contributed by atoms with van der Waals surface area (Å²) >= 11 is 4.89. The average Bonchev–Trinajstić information content (AvgIpc) is 3.28. The van der Waals surface area contributed by atoms with E-state index in [-0.39, 0.29) is 22.2 Å². The van der Waals surface area contributed by atoms with Gasteiger partial charge in [0.1, 0.15) is 21.2 Å². The van der Waals surface area contributed by atoms with Crippen LogP contribution in [0, 0.1) is 0 Å². The molecule has 1 fully saturated rings. The van der Waals surface area contributed by atoms with Crippen molar-refractivity contribution >= 4 is 33.9 Å². The molecule has 2 atom stereocenters. The topological polar surface area (TPSA) is 82.9 Å². The molecule has 3 rings (SSSR count). The van der Waals surface area contributed by atoms with E-state index in [4.69, 9.17) is 16.6 Å². The summed E-state index contributed by atoms with van der Waals surface area (Å²) in [5, 5.41) is 0.665. The van der Waals surface area contributed by atoms with Gasteiger partial charge in [-0.3, -0.25) is 9.36 Å². The van der Waals surface area contributed by atoms with Gasteiger partial charge in [-0.05, 0) is 46.6 Å². The van der Waals surface area contributed by atoms with Crippen molar-refractivity contribution in [2.45, 2.75) is 63.7 Å². The molecule has 1 aliphatic carbocycles. The highest BCUT2D eigenvalue weighted by atomic mass is 35.5. The minimum absolute atomic E-state index is 0.0656. The lowest BCUT2D eigenvalue weighted by atomic mass is 10.1. The summed E-state index contributed by atoms with van der Waals surface area (Å²) in [4.78, 5) is 22.1. The van der Waals surface area contributed by atoms with Gasteiger partial charge in [-0.2, -0.15) is 0 Å². The molecule has 1 unspecified atom stereocenters. The Hall–Kier alpha value is -1.15. The molecule has 2 heterocycles. The van der Waals surface area contributed by atoms with Crippen LogP contribution >= 0.6 is 11.6 Å². The molecule has 0 bridgehead atoms. The van der Waals surface area contributed by atoms with E-state index in [0.29, 0.717) is 16.6 Å². The summed E-state index contributed by atoms with van der Waals surface area (Å²) < 4.78 is 16.7. The smallest absolute Gasteiger partial charge is 0.261 e. The number of pyridine rings is 1. The number of halogens is 1. The molecular weight excluding hydrogens is 372 g/mol. The highest BCUT2D eigenvalue weighted by Crippen LogP contribution is 2.46. The maximum atomic E-state index is 12.9. The Bertz CT molecular complexity index is 918. The van der Waals surface area contributed by atoms with E-state index >= 15 is 0 Å². The molecule has 0 aliphatic heterocycles. The fraction of sp³-hybridized carbons (Fsp3) is 0.611. The zero-order valence-electron chi connectivity index (χ0n) is 16.0. The molecule has 2 aromatic heterocycles. The largest absolute Gasteiger partial charge is 0.598 e. The second kappa shape index (κ2) is 6.48. The molecule has 26 heavy (non-hydrogen) atoms. The van der Waals surface area contributed by atoms with Crippen LogP contribution in [0.4, 0.5) is 0 Å². The molecule has 1 aliphatic rings. The Kier molecular flexibility index (Phi) is 4.88. The van der Waals surface area contributed by atoms with E-state index in [0.717, 1.165) is 18.7 Å². The standard InChI is InChI=1S/C18H25ClN4O2S/c1-10(22-26(25)17(2,3)4)13-14-11(9-12(19)20-13)15(24)23(6)16(21-14)18(5)7-8-18/h9-10,22H,7-8H2,1-6H3/t10?,26-/m1/s1. The Labute approximate surface area is 161 Å². The van der Waals surface area contributed by atoms with E-state index in [2.05, 4.69) is 16.6 Å². The zero-order valence-corrected chi connectivity index (χ0v) is 17.6. The van der Waals surface area contributed by atoms with E-state index in [1.54, 1.807) is 17.7 Å². The zero-order chi connectivity index (χ0) is 19.4. The lowest BCUT2D eigenvalue weighted by molar-refractivity contribution is 0.529. The first kappa shape index (κ1) is 19.6. The van der Waals surface area contributed by atoms with Gasteiger partial charge in [0, 0.05) is 23.8 Å². The predicted octanol–water partition coefficient (Wildman–Crippen LogP) is 3.15. The van der Waals surface area contributed by atoms with Crippen molar-refractivity contribution in [3.05, 3.63) is 33.1 Å². The molecule has 0 radical (unpaired) electrons. The summed E-state index contributed by atoms with van der Waals surface area (Å²) in [6, 6.07) is 1.19. The Morgan fingerprint density at radius 2 is 2.00 bits per heavy atom. The van der Waals surface area contributed by atoms with E-state index in [1.807, 2.05) is 27.7 Å². The first-order chi connectivity index (χ1) is 11.9. The SMILES string of the molecule is CC(N[S@+]([O-])C(C)(C)C)c1nc(Cl)cc2c(=O)n(C)c(C3(C)CC3)nc12. The normalized spacial score (nSPS) is 18.8. The molecule has 1 N–H and O–H groups in total. The summed E-state index contributed by atoms with van der Waals surface area (Å²) in [5.74, 6) is 0.768. The van der Waals surface area contributed by atoms with Crippen molar-refractivity contribution in [2.75, 3.05) is 0 Å². The fourth-order valence-corrected chi connectivity index (χ4v) is 3.90. The first-order valence-electron chi connectivity index (χ1n) is 8.70. The van der Waals surface area contributed by atoms with Crippen LogP contribution in [0.25, 0.3) is 10.9 Å². The molecular formula is C18H25ClN4O2S. The Balaban J connectivity index is 2.16. The molecule has 0 aromatic carbocycles. The number of hydrogen-bond acceptors (Lipinski definition) is 5. The molecule has 142 valence electrons. The number of aromatic nitrogens is 3. The van der Waals surface area contributed by atoms with Crippen LogP contribution < -0.4 is 10.3 Å². The molecule has 0 saturated heterocycles. The van der Waals surface area contributed by atoms with Gasteiger partial charge in [0.2, 0.25) is 0 Å². The Morgan fingerprint density at radius 3 is 2.54 bits per heavy atom. The highest BCUT2D eigenvalue weighted by Gasteiger charge is 2.43. The molecule has 8 heteroatoms. The van der Waals surface area contributed by atoms with E-state index in [1.165, 1.54) is 0 Å². The Morgan fingerprint density at radius 1 is 1.38 bits per heavy atom. The summed E-state index contributed by atoms with van der Waals surface area (Å²) in [6.07, 6.45) is 2.02. The van der Waals surface area contributed by atoms with Crippen LogP contribution in [0.2, 0.25) is 5.15 Å². The van der Waals surface area contributed by atoms with Gasteiger partial charge in [-0.1, -0.05) is 18.5 Å². The fourth-order valence-electron chi connectivity index (χ4n) is 2.91. The third kappa shape index (κ3) is 3.50. The third-order valence-electron chi connectivity index (χ3n) is 4.85. The van der Waals surface area contributed by atoms with Gasteiger partial charge in [0.05, 0.1) is 17.1 Å². The summed E-state index contributed by atoms with van der Waals surface area (Å²) in [5.41, 5.74) is 0.886. The van der Waals surface area contributed by atoms with Crippen LogP contribution in [0.5, 0.6) is 0 Å². The first-order valence-corrected chi connectivity index (χ1v) is 10.2. The minimum Gasteiger partial charge on any atom is -0.598 e. The van der Waals surface area contributed by atoms with Gasteiger partial charge >= 0.3 is 0 Å². The second-order valence-corrected chi connectivity index (χ2v) is 10.7. The van der Waals surface area contributed by atoms with Crippen molar-refractivity contribution in [1.29, 1.82) is 0 Å². The lowest BCUT2D eigenvalue weighted by Crippen LogP contribution is -2.41. The van der Waals surface area contributed by atoms with Crippen molar-refractivity contribution < 1.29 is 4.55 Å². The van der Waals surface area contributed by atoms with E-state index in [9.17, 15) is 9.35 Å². The van der Waals surface area contributed by atoms with Crippen LogP contribution in [-0.4, -0.2) is 23.8 Å². The van der Waals surface area contributed by atoms with Crippen LogP contribution in [0.1, 0.15) is 65.0 Å². The number of fused-ring (bicyclic) bond motifs is 1. The molecule has 1 saturated carbocycles. The lowest BCUT2D eigenvalue weighted by Gasteiger charge is -2.26. The van der Waals surface area contributed by atoms with Crippen molar-refractivity contribution in [3.8, 4) is 0 Å². The van der Waals surface area contributed by atoms with Crippen LogP contribution in [0.15, 0.2) is 10.9 Å².